The number of hydrogen-bond donors (Lipinski definition) is 1. The van der Waals surface area contributed by atoms with E-state index in [4.69, 9.17) is 4.74 Å². The first-order valence-electron chi connectivity index (χ1n) is 5.79. The van der Waals surface area contributed by atoms with Crippen molar-refractivity contribution in [2.45, 2.75) is 25.3 Å². The van der Waals surface area contributed by atoms with Gasteiger partial charge < -0.3 is 10.1 Å². The Labute approximate surface area is 104 Å². The molecule has 1 aromatic rings. The van der Waals surface area contributed by atoms with E-state index in [-0.39, 0.29) is 11.2 Å². The van der Waals surface area contributed by atoms with Crippen LogP contribution in [-0.2, 0) is 4.74 Å². The molecule has 1 aliphatic rings. The van der Waals surface area contributed by atoms with Crippen LogP contribution in [0.25, 0.3) is 0 Å². The molecule has 2 rings (SSSR count). The van der Waals surface area contributed by atoms with E-state index in [2.05, 4.69) is 5.32 Å². The van der Waals surface area contributed by atoms with Gasteiger partial charge in [0.25, 0.3) is 5.69 Å². The summed E-state index contributed by atoms with van der Waals surface area (Å²) in [5.74, 6) is -0.609. The van der Waals surface area contributed by atoms with Crippen LogP contribution in [0.2, 0.25) is 0 Å². The molecule has 6 heteroatoms. The Morgan fingerprint density at radius 3 is 2.67 bits per heavy atom. The molecule has 0 unspecified atom stereocenters. The predicted molar refractivity (Wildman–Crippen MR) is 65.1 cm³/mol. The van der Waals surface area contributed by atoms with Gasteiger partial charge in [0, 0.05) is 30.5 Å². The highest BCUT2D eigenvalue weighted by molar-refractivity contribution is 5.53. The number of non-ortho nitro benzene ring substituents is 1. The highest BCUT2D eigenvalue weighted by Crippen LogP contribution is 2.28. The van der Waals surface area contributed by atoms with Gasteiger partial charge >= 0.3 is 0 Å². The number of anilines is 1. The fourth-order valence-electron chi connectivity index (χ4n) is 2.05. The molecule has 0 radical (unpaired) electrons. The Kier molecular flexibility index (Phi) is 3.47. The average Bonchev–Trinajstić information content (AvgIpc) is 2.28. The third kappa shape index (κ3) is 2.95. The van der Waals surface area contributed by atoms with Gasteiger partial charge in [-0.2, -0.15) is 0 Å². The lowest BCUT2D eigenvalue weighted by Gasteiger charge is -2.35. The van der Waals surface area contributed by atoms with Gasteiger partial charge in [0.2, 0.25) is 0 Å². The predicted octanol–water partition coefficient (Wildman–Crippen LogP) is 2.71. The van der Waals surface area contributed by atoms with Crippen molar-refractivity contribution in [3.05, 3.63) is 34.1 Å². The topological polar surface area (TPSA) is 64.4 Å². The second-order valence-corrected chi connectivity index (χ2v) is 4.75. The molecule has 1 fully saturated rings. The number of halogens is 1. The van der Waals surface area contributed by atoms with Crippen LogP contribution in [0.1, 0.15) is 19.8 Å². The molecule has 0 spiro atoms. The fourth-order valence-corrected chi connectivity index (χ4v) is 2.05. The number of nitrogens with one attached hydrogen (secondary N) is 1. The maximum Gasteiger partial charge on any atom is 0.274 e. The molecule has 1 aromatic carbocycles. The number of nitro groups is 1. The number of benzene rings is 1. The molecule has 0 bridgehead atoms. The Hall–Kier alpha value is -1.69. The van der Waals surface area contributed by atoms with Crippen LogP contribution in [-0.4, -0.2) is 23.7 Å². The van der Waals surface area contributed by atoms with Crippen molar-refractivity contribution in [3.63, 3.8) is 0 Å². The van der Waals surface area contributed by atoms with E-state index < -0.39 is 10.7 Å². The maximum absolute atomic E-state index is 13.3. The summed E-state index contributed by atoms with van der Waals surface area (Å²) in [7, 11) is 0. The van der Waals surface area contributed by atoms with E-state index in [1.54, 1.807) is 0 Å². The van der Waals surface area contributed by atoms with Crippen molar-refractivity contribution < 1.29 is 14.1 Å². The highest BCUT2D eigenvalue weighted by atomic mass is 19.1. The molecule has 18 heavy (non-hydrogen) atoms. The minimum atomic E-state index is -0.609. The van der Waals surface area contributed by atoms with Crippen molar-refractivity contribution in [1.29, 1.82) is 0 Å². The monoisotopic (exact) mass is 254 g/mol. The van der Waals surface area contributed by atoms with E-state index in [1.807, 2.05) is 6.92 Å². The SMILES string of the molecule is CC1(Nc2cc(F)cc([N+](=O)[O-])c2)CCOCC1. The minimum Gasteiger partial charge on any atom is -0.381 e. The Morgan fingerprint density at radius 2 is 2.06 bits per heavy atom. The molecule has 0 aromatic heterocycles. The molecular weight excluding hydrogens is 239 g/mol. The zero-order valence-electron chi connectivity index (χ0n) is 10.1. The number of hydrogen-bond acceptors (Lipinski definition) is 4. The molecule has 1 N–H and O–H groups in total. The zero-order chi connectivity index (χ0) is 13.2. The minimum absolute atomic E-state index is 0.208. The van der Waals surface area contributed by atoms with Gasteiger partial charge in [-0.15, -0.1) is 0 Å². The summed E-state index contributed by atoms with van der Waals surface area (Å²) in [6.45, 7) is 3.29. The van der Waals surface area contributed by atoms with Crippen molar-refractivity contribution in [3.8, 4) is 0 Å². The van der Waals surface area contributed by atoms with Gasteiger partial charge in [0.05, 0.1) is 11.0 Å². The van der Waals surface area contributed by atoms with Crippen LogP contribution >= 0.6 is 0 Å². The van der Waals surface area contributed by atoms with Crippen molar-refractivity contribution in [2.75, 3.05) is 18.5 Å². The molecular formula is C12H15FN2O3. The molecule has 0 atom stereocenters. The molecule has 98 valence electrons. The summed E-state index contributed by atoms with van der Waals surface area (Å²) in [6.07, 6.45) is 1.58. The summed E-state index contributed by atoms with van der Waals surface area (Å²) in [6, 6.07) is 3.54. The summed E-state index contributed by atoms with van der Waals surface area (Å²) in [5.41, 5.74) is -0.0147. The van der Waals surface area contributed by atoms with E-state index >= 15 is 0 Å². The number of nitro benzene ring substituents is 1. The molecule has 0 aliphatic carbocycles. The molecule has 5 nitrogen and oxygen atoms in total. The summed E-state index contributed by atoms with van der Waals surface area (Å²) in [5, 5.41) is 13.8. The van der Waals surface area contributed by atoms with E-state index in [0.29, 0.717) is 18.9 Å². The second kappa shape index (κ2) is 4.89. The third-order valence-corrected chi connectivity index (χ3v) is 3.14. The Morgan fingerprint density at radius 1 is 1.39 bits per heavy atom. The van der Waals surface area contributed by atoms with Gasteiger partial charge in [-0.25, -0.2) is 4.39 Å². The first-order valence-corrected chi connectivity index (χ1v) is 5.79. The highest BCUT2D eigenvalue weighted by Gasteiger charge is 2.27. The average molecular weight is 254 g/mol. The normalized spacial score (nSPS) is 18.3. The van der Waals surface area contributed by atoms with E-state index in [0.717, 1.165) is 18.9 Å². The van der Waals surface area contributed by atoms with E-state index in [1.165, 1.54) is 12.1 Å². The van der Waals surface area contributed by atoms with Crippen molar-refractivity contribution in [2.24, 2.45) is 0 Å². The molecule has 0 amide bonds. The quantitative estimate of drug-likeness (QED) is 0.665. The number of rotatable bonds is 3. The molecule has 1 saturated heterocycles. The second-order valence-electron chi connectivity index (χ2n) is 4.75. The van der Waals surface area contributed by atoms with Crippen molar-refractivity contribution >= 4 is 11.4 Å². The van der Waals surface area contributed by atoms with E-state index in [9.17, 15) is 14.5 Å². The number of nitrogens with zero attached hydrogens (tertiary/aromatic N) is 1. The third-order valence-electron chi connectivity index (χ3n) is 3.14. The summed E-state index contributed by atoms with van der Waals surface area (Å²) in [4.78, 5) is 10.1. The fraction of sp³-hybridized carbons (Fsp3) is 0.500. The van der Waals surface area contributed by atoms with Gasteiger partial charge in [-0.3, -0.25) is 10.1 Å². The van der Waals surface area contributed by atoms with Crippen LogP contribution < -0.4 is 5.32 Å². The lowest BCUT2D eigenvalue weighted by Crippen LogP contribution is -2.40. The van der Waals surface area contributed by atoms with Crippen LogP contribution in [0.3, 0.4) is 0 Å². The maximum atomic E-state index is 13.3. The number of ether oxygens (including phenoxy) is 1. The lowest BCUT2D eigenvalue weighted by molar-refractivity contribution is -0.385. The van der Waals surface area contributed by atoms with Crippen LogP contribution in [0.15, 0.2) is 18.2 Å². The van der Waals surface area contributed by atoms with Gasteiger partial charge in [-0.05, 0) is 25.8 Å². The Bertz CT molecular complexity index is 459. The first kappa shape index (κ1) is 12.8. The summed E-state index contributed by atoms with van der Waals surface area (Å²) >= 11 is 0. The van der Waals surface area contributed by atoms with Gasteiger partial charge in [0.1, 0.15) is 5.82 Å². The standard InChI is InChI=1S/C12H15FN2O3/c1-12(2-4-18-5-3-12)14-10-6-9(13)7-11(8-10)15(16)17/h6-8,14H,2-5H2,1H3. The van der Waals surface area contributed by atoms with Crippen LogP contribution in [0.5, 0.6) is 0 Å². The molecule has 0 saturated carbocycles. The van der Waals surface area contributed by atoms with Gasteiger partial charge in [-0.1, -0.05) is 0 Å². The Balaban J connectivity index is 2.20. The zero-order valence-corrected chi connectivity index (χ0v) is 10.1. The largest absolute Gasteiger partial charge is 0.381 e. The summed E-state index contributed by atoms with van der Waals surface area (Å²) < 4.78 is 18.6. The van der Waals surface area contributed by atoms with Crippen LogP contribution in [0.4, 0.5) is 15.8 Å². The molecule has 1 heterocycles. The van der Waals surface area contributed by atoms with Gasteiger partial charge in [0.15, 0.2) is 0 Å². The molecule has 1 aliphatic heterocycles. The first-order chi connectivity index (χ1) is 8.48. The van der Waals surface area contributed by atoms with Crippen LogP contribution in [0, 0.1) is 15.9 Å². The smallest absolute Gasteiger partial charge is 0.274 e. The lowest BCUT2D eigenvalue weighted by atomic mass is 9.92. The van der Waals surface area contributed by atoms with Crippen molar-refractivity contribution in [1.82, 2.24) is 0 Å².